The highest BCUT2D eigenvalue weighted by atomic mass is 79.9. The van der Waals surface area contributed by atoms with Crippen molar-refractivity contribution < 1.29 is 9.53 Å². The number of nitrogens with zero attached hydrogens (tertiary/aromatic N) is 3. The van der Waals surface area contributed by atoms with Crippen molar-refractivity contribution in [3.63, 3.8) is 0 Å². The van der Waals surface area contributed by atoms with Gasteiger partial charge in [-0.1, -0.05) is 64.1 Å². The van der Waals surface area contributed by atoms with Gasteiger partial charge in [0.2, 0.25) is 5.91 Å². The molecule has 0 atom stereocenters. The molecule has 0 unspecified atom stereocenters. The van der Waals surface area contributed by atoms with Crippen LogP contribution in [0.3, 0.4) is 0 Å². The second-order valence-electron chi connectivity index (χ2n) is 6.52. The molecule has 0 aliphatic carbocycles. The molecule has 4 aromatic rings. The highest BCUT2D eigenvalue weighted by molar-refractivity contribution is 9.10. The molecule has 6 nitrogen and oxygen atoms in total. The highest BCUT2D eigenvalue weighted by Crippen LogP contribution is 2.32. The molecule has 1 amide bonds. The summed E-state index contributed by atoms with van der Waals surface area (Å²) in [6.07, 6.45) is 0. The van der Waals surface area contributed by atoms with Gasteiger partial charge in [-0.15, -0.1) is 10.2 Å². The fraction of sp³-hybridized carbons (Fsp3) is 0.0870. The lowest BCUT2D eigenvalue weighted by Gasteiger charge is -2.11. The zero-order chi connectivity index (χ0) is 21.6. The topological polar surface area (TPSA) is 69.0 Å². The number of nitrogens with one attached hydrogen (secondary N) is 1. The Bertz CT molecular complexity index is 1180. The maximum Gasteiger partial charge on any atom is 0.234 e. The molecule has 1 N–H and O–H groups in total. The van der Waals surface area contributed by atoms with Crippen molar-refractivity contribution in [2.45, 2.75) is 5.16 Å². The second kappa shape index (κ2) is 9.80. The van der Waals surface area contributed by atoms with Gasteiger partial charge < -0.3 is 10.1 Å². The number of anilines is 1. The summed E-state index contributed by atoms with van der Waals surface area (Å²) in [4.78, 5) is 12.5. The van der Waals surface area contributed by atoms with Crippen LogP contribution in [0.15, 0.2) is 88.5 Å². The number of amides is 1. The Morgan fingerprint density at radius 3 is 2.42 bits per heavy atom. The number of carbonyl (C=O) groups is 1. The SMILES string of the molecule is COc1ccc(NC(=O)CSc2nnc(-c3ccccc3Br)n2-c2ccccc2)cc1. The van der Waals surface area contributed by atoms with Gasteiger partial charge in [-0.3, -0.25) is 9.36 Å². The Labute approximate surface area is 192 Å². The molecule has 1 heterocycles. The largest absolute Gasteiger partial charge is 0.497 e. The fourth-order valence-corrected chi connectivity index (χ4v) is 4.21. The van der Waals surface area contributed by atoms with Gasteiger partial charge in [-0.25, -0.2) is 0 Å². The number of rotatable bonds is 7. The molecule has 0 saturated heterocycles. The first-order chi connectivity index (χ1) is 15.2. The number of thioether (sulfide) groups is 1. The smallest absolute Gasteiger partial charge is 0.234 e. The lowest BCUT2D eigenvalue weighted by molar-refractivity contribution is -0.113. The van der Waals surface area contributed by atoms with Crippen LogP contribution < -0.4 is 10.1 Å². The number of para-hydroxylation sites is 1. The number of methoxy groups -OCH3 is 1. The Morgan fingerprint density at radius 1 is 1.00 bits per heavy atom. The fourth-order valence-electron chi connectivity index (χ4n) is 2.99. The molecule has 0 fully saturated rings. The van der Waals surface area contributed by atoms with E-state index in [2.05, 4.69) is 31.4 Å². The van der Waals surface area contributed by atoms with Crippen LogP contribution in [0.5, 0.6) is 5.75 Å². The van der Waals surface area contributed by atoms with Crippen LogP contribution in [0, 0.1) is 0 Å². The Kier molecular flexibility index (Phi) is 6.69. The molecule has 0 saturated carbocycles. The van der Waals surface area contributed by atoms with E-state index in [4.69, 9.17) is 4.74 Å². The average Bonchev–Trinajstić information content (AvgIpc) is 3.23. The summed E-state index contributed by atoms with van der Waals surface area (Å²) in [6, 6.07) is 24.9. The van der Waals surface area contributed by atoms with Crippen molar-refractivity contribution in [2.75, 3.05) is 18.2 Å². The van der Waals surface area contributed by atoms with Gasteiger partial charge in [0.25, 0.3) is 0 Å². The number of benzene rings is 3. The summed E-state index contributed by atoms with van der Waals surface area (Å²) >= 11 is 4.93. The molecule has 31 heavy (non-hydrogen) atoms. The summed E-state index contributed by atoms with van der Waals surface area (Å²) in [5.74, 6) is 1.52. The zero-order valence-corrected chi connectivity index (χ0v) is 19.1. The summed E-state index contributed by atoms with van der Waals surface area (Å²) in [6.45, 7) is 0. The summed E-state index contributed by atoms with van der Waals surface area (Å²) in [5, 5.41) is 12.3. The van der Waals surface area contributed by atoms with E-state index in [1.54, 1.807) is 31.4 Å². The summed E-state index contributed by atoms with van der Waals surface area (Å²) < 4.78 is 8.03. The highest BCUT2D eigenvalue weighted by Gasteiger charge is 2.18. The number of aromatic nitrogens is 3. The molecule has 3 aromatic carbocycles. The third-order valence-corrected chi connectivity index (χ3v) is 6.09. The Hall–Kier alpha value is -3.10. The minimum absolute atomic E-state index is 0.125. The normalized spacial score (nSPS) is 10.6. The van der Waals surface area contributed by atoms with E-state index in [9.17, 15) is 4.79 Å². The van der Waals surface area contributed by atoms with Gasteiger partial charge in [0.1, 0.15) is 5.75 Å². The van der Waals surface area contributed by atoms with E-state index >= 15 is 0 Å². The van der Waals surface area contributed by atoms with Crippen LogP contribution in [0.2, 0.25) is 0 Å². The number of ether oxygens (including phenoxy) is 1. The van der Waals surface area contributed by atoms with E-state index in [1.165, 1.54) is 11.8 Å². The van der Waals surface area contributed by atoms with E-state index in [0.717, 1.165) is 21.5 Å². The molecular formula is C23H19BrN4O2S. The summed E-state index contributed by atoms with van der Waals surface area (Å²) in [7, 11) is 1.61. The first-order valence-corrected chi connectivity index (χ1v) is 11.3. The number of hydrogen-bond acceptors (Lipinski definition) is 5. The van der Waals surface area contributed by atoms with Crippen LogP contribution in [0.4, 0.5) is 5.69 Å². The average molecular weight is 495 g/mol. The van der Waals surface area contributed by atoms with E-state index in [-0.39, 0.29) is 11.7 Å². The number of halogens is 1. The second-order valence-corrected chi connectivity index (χ2v) is 8.32. The molecular weight excluding hydrogens is 476 g/mol. The first-order valence-electron chi connectivity index (χ1n) is 9.48. The molecule has 0 spiro atoms. The van der Waals surface area contributed by atoms with Crippen LogP contribution in [0.25, 0.3) is 17.1 Å². The van der Waals surface area contributed by atoms with E-state index < -0.39 is 0 Å². The molecule has 0 aliphatic rings. The van der Waals surface area contributed by atoms with E-state index in [1.807, 2.05) is 59.2 Å². The van der Waals surface area contributed by atoms with Crippen molar-refractivity contribution in [2.24, 2.45) is 0 Å². The molecule has 0 aliphatic heterocycles. The predicted molar refractivity (Wildman–Crippen MR) is 127 cm³/mol. The molecule has 0 radical (unpaired) electrons. The lowest BCUT2D eigenvalue weighted by atomic mass is 10.2. The Balaban J connectivity index is 1.57. The van der Waals surface area contributed by atoms with Crippen molar-refractivity contribution in [1.82, 2.24) is 14.8 Å². The van der Waals surface area contributed by atoms with Gasteiger partial charge >= 0.3 is 0 Å². The monoisotopic (exact) mass is 494 g/mol. The molecule has 156 valence electrons. The Morgan fingerprint density at radius 2 is 1.71 bits per heavy atom. The molecule has 0 bridgehead atoms. The van der Waals surface area contributed by atoms with Crippen molar-refractivity contribution in [3.05, 3.63) is 83.3 Å². The van der Waals surface area contributed by atoms with Crippen molar-refractivity contribution >= 4 is 39.3 Å². The third-order valence-electron chi connectivity index (χ3n) is 4.47. The molecule has 1 aromatic heterocycles. The van der Waals surface area contributed by atoms with Crippen LogP contribution in [-0.4, -0.2) is 33.5 Å². The number of hydrogen-bond donors (Lipinski definition) is 1. The maximum atomic E-state index is 12.5. The van der Waals surface area contributed by atoms with E-state index in [0.29, 0.717) is 16.7 Å². The zero-order valence-electron chi connectivity index (χ0n) is 16.7. The summed E-state index contributed by atoms with van der Waals surface area (Å²) in [5.41, 5.74) is 2.56. The van der Waals surface area contributed by atoms with Gasteiger partial charge in [-0.05, 0) is 42.5 Å². The van der Waals surface area contributed by atoms with Gasteiger partial charge in [0.05, 0.1) is 12.9 Å². The maximum absolute atomic E-state index is 12.5. The van der Waals surface area contributed by atoms with Crippen molar-refractivity contribution in [3.8, 4) is 22.8 Å². The van der Waals surface area contributed by atoms with Gasteiger partial charge in [0.15, 0.2) is 11.0 Å². The molecule has 8 heteroatoms. The van der Waals surface area contributed by atoms with Gasteiger partial charge in [-0.2, -0.15) is 0 Å². The minimum Gasteiger partial charge on any atom is -0.497 e. The quantitative estimate of drug-likeness (QED) is 0.346. The predicted octanol–water partition coefficient (Wildman–Crippen LogP) is 5.44. The minimum atomic E-state index is -0.125. The third kappa shape index (κ3) is 4.98. The van der Waals surface area contributed by atoms with Crippen LogP contribution in [0.1, 0.15) is 0 Å². The standard InChI is InChI=1S/C23H19BrN4O2S/c1-30-18-13-11-16(12-14-18)25-21(29)15-31-23-27-26-22(19-9-5-6-10-20(19)24)28(23)17-7-3-2-4-8-17/h2-14H,15H2,1H3,(H,25,29). The van der Waals surface area contributed by atoms with Gasteiger partial charge in [0, 0.05) is 21.4 Å². The first kappa shape index (κ1) is 21.1. The van der Waals surface area contributed by atoms with Crippen LogP contribution in [-0.2, 0) is 4.79 Å². The molecule has 4 rings (SSSR count). The van der Waals surface area contributed by atoms with Crippen LogP contribution >= 0.6 is 27.7 Å². The number of carbonyl (C=O) groups excluding carboxylic acids is 1. The van der Waals surface area contributed by atoms with Crippen molar-refractivity contribution in [1.29, 1.82) is 0 Å². The lowest BCUT2D eigenvalue weighted by Crippen LogP contribution is -2.14.